The molecule has 10 heteroatoms. The van der Waals surface area contributed by atoms with E-state index in [2.05, 4.69) is 20.9 Å². The second kappa shape index (κ2) is 15.2. The van der Waals surface area contributed by atoms with Crippen molar-refractivity contribution in [3.63, 3.8) is 0 Å². The fourth-order valence-electron chi connectivity index (χ4n) is 4.89. The quantitative estimate of drug-likeness (QED) is 0.162. The zero-order valence-corrected chi connectivity index (χ0v) is 24.7. The molecule has 0 fully saturated rings. The SMILES string of the molecule is CCC(C)C(NC(=O)C(Cc1ccccc1)NC(=O)C(N)CC(C)C)C(=O)NC(Cc1c[nH]c2ccccc12)C(=O)O. The topological polar surface area (TPSA) is 166 Å². The summed E-state index contributed by atoms with van der Waals surface area (Å²) in [5, 5.41) is 19.0. The summed E-state index contributed by atoms with van der Waals surface area (Å²) in [6, 6.07) is 12.7. The summed E-state index contributed by atoms with van der Waals surface area (Å²) in [5.41, 5.74) is 8.53. The first-order valence-corrected chi connectivity index (χ1v) is 14.5. The smallest absolute Gasteiger partial charge is 0.326 e. The number of aliphatic carboxylic acids is 1. The first-order chi connectivity index (χ1) is 20.0. The third-order valence-electron chi connectivity index (χ3n) is 7.48. The van der Waals surface area contributed by atoms with Crippen molar-refractivity contribution >= 4 is 34.6 Å². The molecule has 5 unspecified atom stereocenters. The van der Waals surface area contributed by atoms with Crippen molar-refractivity contribution in [3.05, 3.63) is 71.9 Å². The predicted molar refractivity (Wildman–Crippen MR) is 162 cm³/mol. The van der Waals surface area contributed by atoms with Crippen molar-refractivity contribution < 1.29 is 24.3 Å². The molecule has 1 aromatic heterocycles. The maximum atomic E-state index is 13.6. The van der Waals surface area contributed by atoms with E-state index in [-0.39, 0.29) is 24.7 Å². The Labute approximate surface area is 246 Å². The van der Waals surface area contributed by atoms with Crippen LogP contribution < -0.4 is 21.7 Å². The number of amides is 3. The van der Waals surface area contributed by atoms with E-state index in [4.69, 9.17) is 5.73 Å². The molecule has 0 bridgehead atoms. The Kier molecular flexibility index (Phi) is 11.7. The predicted octanol–water partition coefficient (Wildman–Crippen LogP) is 2.91. The average Bonchev–Trinajstić information content (AvgIpc) is 3.37. The van der Waals surface area contributed by atoms with Gasteiger partial charge in [-0.15, -0.1) is 0 Å². The lowest BCUT2D eigenvalue weighted by Gasteiger charge is -2.28. The van der Waals surface area contributed by atoms with Crippen molar-refractivity contribution in [1.82, 2.24) is 20.9 Å². The summed E-state index contributed by atoms with van der Waals surface area (Å²) >= 11 is 0. The number of nitrogens with one attached hydrogen (secondary N) is 4. The average molecular weight is 578 g/mol. The van der Waals surface area contributed by atoms with Crippen LogP contribution in [0.25, 0.3) is 10.9 Å². The second-order valence-corrected chi connectivity index (χ2v) is 11.3. The molecule has 7 N–H and O–H groups in total. The number of carbonyl (C=O) groups excluding carboxylic acids is 3. The molecule has 2 aromatic carbocycles. The molecule has 3 rings (SSSR count). The fourth-order valence-corrected chi connectivity index (χ4v) is 4.89. The lowest BCUT2D eigenvalue weighted by atomic mass is 9.96. The zero-order valence-electron chi connectivity index (χ0n) is 24.7. The van der Waals surface area contributed by atoms with Crippen LogP contribution in [0.4, 0.5) is 0 Å². The molecular formula is C32H43N5O5. The largest absolute Gasteiger partial charge is 0.480 e. The van der Waals surface area contributed by atoms with E-state index >= 15 is 0 Å². The number of aromatic nitrogens is 1. The molecule has 1 heterocycles. The summed E-state index contributed by atoms with van der Waals surface area (Å²) in [6.07, 6.45) is 3.00. The van der Waals surface area contributed by atoms with Gasteiger partial charge in [0, 0.05) is 29.9 Å². The lowest BCUT2D eigenvalue weighted by Crippen LogP contribution is -2.59. The summed E-state index contributed by atoms with van der Waals surface area (Å²) < 4.78 is 0. The highest BCUT2D eigenvalue weighted by molar-refractivity contribution is 5.94. The zero-order chi connectivity index (χ0) is 30.8. The molecule has 0 aliphatic carbocycles. The maximum absolute atomic E-state index is 13.6. The molecule has 0 spiro atoms. The molecule has 42 heavy (non-hydrogen) atoms. The van der Waals surface area contributed by atoms with Gasteiger partial charge in [0.05, 0.1) is 6.04 Å². The van der Waals surface area contributed by atoms with Crippen LogP contribution in [0.3, 0.4) is 0 Å². The Bertz CT molecular complexity index is 1360. The van der Waals surface area contributed by atoms with Crippen molar-refractivity contribution in [1.29, 1.82) is 0 Å². The van der Waals surface area contributed by atoms with Gasteiger partial charge in [-0.2, -0.15) is 0 Å². The number of hydrogen-bond donors (Lipinski definition) is 6. The van der Waals surface area contributed by atoms with E-state index in [9.17, 15) is 24.3 Å². The number of para-hydroxylation sites is 1. The third-order valence-corrected chi connectivity index (χ3v) is 7.48. The number of rotatable bonds is 15. The van der Waals surface area contributed by atoms with Crippen molar-refractivity contribution in [2.75, 3.05) is 0 Å². The fraction of sp³-hybridized carbons (Fsp3) is 0.438. The molecule has 226 valence electrons. The van der Waals surface area contributed by atoms with Gasteiger partial charge in [0.2, 0.25) is 17.7 Å². The Morgan fingerprint density at radius 3 is 2.12 bits per heavy atom. The van der Waals surface area contributed by atoms with E-state index in [1.807, 2.05) is 82.3 Å². The molecule has 3 aromatic rings. The van der Waals surface area contributed by atoms with E-state index in [0.29, 0.717) is 12.8 Å². The monoisotopic (exact) mass is 577 g/mol. The molecule has 0 aliphatic heterocycles. The number of nitrogens with two attached hydrogens (primary N) is 1. The standard InChI is InChI=1S/C32H43N5O5/c1-5-20(4)28(31(40)36-27(32(41)42)17-22-18-34-25-14-10-9-13-23(22)25)37-30(39)26(16-21-11-7-6-8-12-21)35-29(38)24(33)15-19(2)3/h6-14,18-20,24,26-28,34H,5,15-17,33H2,1-4H3,(H,35,38)(H,36,40)(H,37,39)(H,41,42). The molecule has 0 saturated heterocycles. The highest BCUT2D eigenvalue weighted by atomic mass is 16.4. The number of carboxylic acid groups (broad SMARTS) is 1. The van der Waals surface area contributed by atoms with Gasteiger partial charge in [0.1, 0.15) is 18.1 Å². The number of aromatic amines is 1. The van der Waals surface area contributed by atoms with Gasteiger partial charge in [-0.05, 0) is 35.4 Å². The van der Waals surface area contributed by atoms with Crippen LogP contribution in [0.15, 0.2) is 60.8 Å². The Morgan fingerprint density at radius 2 is 1.48 bits per heavy atom. The second-order valence-electron chi connectivity index (χ2n) is 11.3. The maximum Gasteiger partial charge on any atom is 0.326 e. The van der Waals surface area contributed by atoms with Crippen LogP contribution in [0.2, 0.25) is 0 Å². The number of benzene rings is 2. The molecule has 0 saturated carbocycles. The Hall–Kier alpha value is -4.18. The van der Waals surface area contributed by atoms with Gasteiger partial charge in [0.25, 0.3) is 0 Å². The lowest BCUT2D eigenvalue weighted by molar-refractivity contribution is -0.142. The summed E-state index contributed by atoms with van der Waals surface area (Å²) in [7, 11) is 0. The van der Waals surface area contributed by atoms with E-state index in [0.717, 1.165) is 22.0 Å². The van der Waals surface area contributed by atoms with Crippen LogP contribution in [-0.2, 0) is 32.0 Å². The molecular weight excluding hydrogens is 534 g/mol. The number of fused-ring (bicyclic) bond motifs is 1. The molecule has 0 aliphatic rings. The van der Waals surface area contributed by atoms with Gasteiger partial charge >= 0.3 is 5.97 Å². The van der Waals surface area contributed by atoms with Crippen molar-refractivity contribution in [2.24, 2.45) is 17.6 Å². The normalized spacial score (nSPS) is 14.9. The highest BCUT2D eigenvalue weighted by Gasteiger charge is 2.33. The molecule has 3 amide bonds. The number of carboxylic acids is 1. The van der Waals surface area contributed by atoms with Crippen LogP contribution in [-0.4, -0.2) is 57.9 Å². The van der Waals surface area contributed by atoms with E-state index in [1.54, 1.807) is 6.20 Å². The molecule has 10 nitrogen and oxygen atoms in total. The first kappa shape index (κ1) is 32.3. The number of H-pyrrole nitrogens is 1. The van der Waals surface area contributed by atoms with Crippen LogP contribution in [0.1, 0.15) is 51.7 Å². The van der Waals surface area contributed by atoms with Crippen LogP contribution in [0, 0.1) is 11.8 Å². The Morgan fingerprint density at radius 1 is 0.833 bits per heavy atom. The van der Waals surface area contributed by atoms with Crippen molar-refractivity contribution in [2.45, 2.75) is 77.5 Å². The molecule has 0 radical (unpaired) electrons. The number of carbonyl (C=O) groups is 4. The summed E-state index contributed by atoms with van der Waals surface area (Å²) in [5.74, 6) is -2.91. The van der Waals surface area contributed by atoms with Gasteiger partial charge in [-0.25, -0.2) is 4.79 Å². The van der Waals surface area contributed by atoms with E-state index in [1.165, 1.54) is 0 Å². The summed E-state index contributed by atoms with van der Waals surface area (Å²) in [4.78, 5) is 55.3. The van der Waals surface area contributed by atoms with Gasteiger partial charge in [-0.3, -0.25) is 14.4 Å². The molecule has 5 atom stereocenters. The highest BCUT2D eigenvalue weighted by Crippen LogP contribution is 2.19. The van der Waals surface area contributed by atoms with Crippen LogP contribution in [0.5, 0.6) is 0 Å². The third kappa shape index (κ3) is 8.91. The minimum atomic E-state index is -1.21. The van der Waals surface area contributed by atoms with Crippen LogP contribution >= 0.6 is 0 Å². The first-order valence-electron chi connectivity index (χ1n) is 14.5. The van der Waals surface area contributed by atoms with Gasteiger partial charge < -0.3 is 31.8 Å². The van der Waals surface area contributed by atoms with E-state index < -0.39 is 47.9 Å². The minimum absolute atomic E-state index is 0.0622. The summed E-state index contributed by atoms with van der Waals surface area (Å²) in [6.45, 7) is 7.61. The van der Waals surface area contributed by atoms with Gasteiger partial charge in [-0.1, -0.05) is 82.6 Å². The minimum Gasteiger partial charge on any atom is -0.480 e. The van der Waals surface area contributed by atoms with Crippen molar-refractivity contribution in [3.8, 4) is 0 Å². The Balaban J connectivity index is 1.79. The van der Waals surface area contributed by atoms with Gasteiger partial charge in [0.15, 0.2) is 0 Å². The number of hydrogen-bond acceptors (Lipinski definition) is 5.